The molecule has 17 heavy (non-hydrogen) atoms. The molecule has 2 saturated heterocycles. The van der Waals surface area contributed by atoms with Crippen molar-refractivity contribution in [1.82, 2.24) is 10.2 Å². The minimum Gasteiger partial charge on any atom is -0.299 e. The van der Waals surface area contributed by atoms with E-state index in [4.69, 9.17) is 0 Å². The van der Waals surface area contributed by atoms with Gasteiger partial charge in [0.15, 0.2) is 9.84 Å². The molecule has 2 aliphatic heterocycles. The number of imide groups is 1. The molecule has 2 fully saturated rings. The number of amides is 2. The Morgan fingerprint density at radius 3 is 2.47 bits per heavy atom. The zero-order chi connectivity index (χ0) is 12.8. The van der Waals surface area contributed by atoms with Gasteiger partial charge in [-0.2, -0.15) is 0 Å². The molecule has 0 radical (unpaired) electrons. The van der Waals surface area contributed by atoms with Crippen LogP contribution >= 0.6 is 0 Å². The highest BCUT2D eigenvalue weighted by Crippen LogP contribution is 2.25. The van der Waals surface area contributed by atoms with Crippen molar-refractivity contribution in [2.24, 2.45) is 0 Å². The summed E-state index contributed by atoms with van der Waals surface area (Å²) in [6.07, 6.45) is 0.599. The fraction of sp³-hybridized carbons (Fsp3) is 0.800. The van der Waals surface area contributed by atoms with Gasteiger partial charge >= 0.3 is 0 Å². The molecule has 0 spiro atoms. The first-order valence-electron chi connectivity index (χ1n) is 5.51. The number of hydrogen-bond donors (Lipinski definition) is 1. The lowest BCUT2D eigenvalue weighted by Crippen LogP contribution is -2.51. The van der Waals surface area contributed by atoms with Crippen molar-refractivity contribution >= 4 is 21.7 Å². The van der Waals surface area contributed by atoms with Gasteiger partial charge in [0.1, 0.15) is 0 Å². The minimum absolute atomic E-state index is 0.0294. The number of carbonyl (C=O) groups is 2. The van der Waals surface area contributed by atoms with Gasteiger partial charge in [0, 0.05) is 12.6 Å². The smallest absolute Gasteiger partial charge is 0.246 e. The van der Waals surface area contributed by atoms with E-state index in [1.807, 2.05) is 0 Å². The lowest BCUT2D eigenvalue weighted by Gasteiger charge is -2.26. The van der Waals surface area contributed by atoms with E-state index in [0.29, 0.717) is 6.42 Å². The Hall–Kier alpha value is -0.950. The van der Waals surface area contributed by atoms with Gasteiger partial charge in [-0.05, 0) is 13.3 Å². The van der Waals surface area contributed by atoms with Crippen molar-refractivity contribution in [3.8, 4) is 0 Å². The van der Waals surface area contributed by atoms with Crippen molar-refractivity contribution in [3.05, 3.63) is 0 Å². The third kappa shape index (κ3) is 2.35. The van der Waals surface area contributed by atoms with E-state index < -0.39 is 21.4 Å². The molecule has 2 atom stereocenters. The summed E-state index contributed by atoms with van der Waals surface area (Å²) >= 11 is 0. The molecular weight excluding hydrogens is 244 g/mol. The SMILES string of the molecule is CN1C(=O)CC(NC2(C)CCS(=O)(=O)C2)C1=O. The molecule has 7 heteroatoms. The fourth-order valence-corrected chi connectivity index (χ4v) is 4.52. The number of sulfone groups is 1. The van der Waals surface area contributed by atoms with Gasteiger partial charge in [-0.25, -0.2) is 8.42 Å². The lowest BCUT2D eigenvalue weighted by atomic mass is 10.00. The Labute approximate surface area is 100 Å². The average molecular weight is 260 g/mol. The molecule has 2 rings (SSSR count). The van der Waals surface area contributed by atoms with Crippen molar-refractivity contribution in [2.75, 3.05) is 18.6 Å². The predicted octanol–water partition coefficient (Wildman–Crippen LogP) is -1.09. The third-order valence-corrected chi connectivity index (χ3v) is 5.31. The Kier molecular flexibility index (Phi) is 2.78. The summed E-state index contributed by atoms with van der Waals surface area (Å²) in [7, 11) is -1.57. The Morgan fingerprint density at radius 1 is 1.41 bits per heavy atom. The molecule has 0 saturated carbocycles. The molecule has 2 aliphatic rings. The Bertz CT molecular complexity index is 473. The maximum absolute atomic E-state index is 11.7. The van der Waals surface area contributed by atoms with E-state index in [9.17, 15) is 18.0 Å². The molecule has 1 N–H and O–H groups in total. The summed E-state index contributed by atoms with van der Waals surface area (Å²) < 4.78 is 22.9. The largest absolute Gasteiger partial charge is 0.299 e. The molecule has 2 heterocycles. The number of rotatable bonds is 2. The molecule has 2 amide bonds. The highest BCUT2D eigenvalue weighted by atomic mass is 32.2. The number of nitrogens with one attached hydrogen (secondary N) is 1. The number of hydrogen-bond acceptors (Lipinski definition) is 5. The standard InChI is InChI=1S/C10H16N2O4S/c1-10(3-4-17(15,16)6-10)11-7-5-8(13)12(2)9(7)14/h7,11H,3-6H2,1-2H3. The van der Waals surface area contributed by atoms with E-state index in [0.717, 1.165) is 4.90 Å². The van der Waals surface area contributed by atoms with Crippen LogP contribution in [0.25, 0.3) is 0 Å². The van der Waals surface area contributed by atoms with Crippen LogP contribution in [0.1, 0.15) is 19.8 Å². The minimum atomic E-state index is -3.01. The molecule has 0 bridgehead atoms. The summed E-state index contributed by atoms with van der Waals surface area (Å²) in [4.78, 5) is 24.1. The van der Waals surface area contributed by atoms with Crippen LogP contribution in [0.4, 0.5) is 0 Å². The Morgan fingerprint density at radius 2 is 2.06 bits per heavy atom. The van der Waals surface area contributed by atoms with E-state index >= 15 is 0 Å². The second-order valence-corrected chi connectivity index (χ2v) is 7.28. The van der Waals surface area contributed by atoms with Crippen LogP contribution in [0.3, 0.4) is 0 Å². The molecule has 0 aliphatic carbocycles. The monoisotopic (exact) mass is 260 g/mol. The van der Waals surface area contributed by atoms with E-state index in [2.05, 4.69) is 5.32 Å². The van der Waals surface area contributed by atoms with Gasteiger partial charge < -0.3 is 0 Å². The average Bonchev–Trinajstić information content (AvgIpc) is 2.60. The zero-order valence-corrected chi connectivity index (χ0v) is 10.7. The zero-order valence-electron chi connectivity index (χ0n) is 9.89. The van der Waals surface area contributed by atoms with Gasteiger partial charge in [0.05, 0.1) is 24.0 Å². The lowest BCUT2D eigenvalue weighted by molar-refractivity contribution is -0.137. The maximum atomic E-state index is 11.7. The number of carbonyl (C=O) groups excluding carboxylic acids is 2. The summed E-state index contributed by atoms with van der Waals surface area (Å²) in [5.74, 6) is -0.333. The van der Waals surface area contributed by atoms with Crippen LogP contribution in [0.15, 0.2) is 0 Å². The molecule has 2 unspecified atom stereocenters. The molecule has 0 aromatic carbocycles. The summed E-state index contributed by atoms with van der Waals surface area (Å²) in [6.45, 7) is 1.79. The summed E-state index contributed by atoms with van der Waals surface area (Å²) in [5, 5.41) is 3.03. The number of likely N-dealkylation sites (N-methyl/N-ethyl adjacent to an activating group) is 1. The molecule has 6 nitrogen and oxygen atoms in total. The van der Waals surface area contributed by atoms with E-state index in [1.54, 1.807) is 6.92 Å². The summed E-state index contributed by atoms with van der Waals surface area (Å²) in [5.41, 5.74) is -0.593. The highest BCUT2D eigenvalue weighted by Gasteiger charge is 2.44. The van der Waals surface area contributed by atoms with Gasteiger partial charge in [-0.3, -0.25) is 19.8 Å². The summed E-state index contributed by atoms with van der Waals surface area (Å²) in [6, 6.07) is -0.578. The molecular formula is C10H16N2O4S. The fourth-order valence-electron chi connectivity index (χ4n) is 2.41. The second kappa shape index (κ2) is 3.78. The highest BCUT2D eigenvalue weighted by molar-refractivity contribution is 7.91. The van der Waals surface area contributed by atoms with Gasteiger partial charge in [0.2, 0.25) is 11.8 Å². The molecule has 0 aromatic heterocycles. The van der Waals surface area contributed by atoms with Crippen molar-refractivity contribution in [2.45, 2.75) is 31.3 Å². The number of likely N-dealkylation sites (tertiary alicyclic amines) is 1. The third-order valence-electron chi connectivity index (χ3n) is 3.41. The van der Waals surface area contributed by atoms with E-state index in [1.165, 1.54) is 7.05 Å². The first-order valence-corrected chi connectivity index (χ1v) is 7.33. The normalized spacial score (nSPS) is 36.8. The van der Waals surface area contributed by atoms with Crippen LogP contribution in [-0.2, 0) is 19.4 Å². The first-order chi connectivity index (χ1) is 7.72. The molecule has 96 valence electrons. The van der Waals surface area contributed by atoms with Gasteiger partial charge in [-0.15, -0.1) is 0 Å². The second-order valence-electron chi connectivity index (χ2n) is 5.09. The quantitative estimate of drug-likeness (QED) is 0.638. The predicted molar refractivity (Wildman–Crippen MR) is 61.0 cm³/mol. The van der Waals surface area contributed by atoms with Crippen LogP contribution in [-0.4, -0.2) is 55.3 Å². The van der Waals surface area contributed by atoms with Crippen LogP contribution in [0.2, 0.25) is 0 Å². The van der Waals surface area contributed by atoms with Crippen LogP contribution in [0, 0.1) is 0 Å². The van der Waals surface area contributed by atoms with Crippen molar-refractivity contribution in [3.63, 3.8) is 0 Å². The van der Waals surface area contributed by atoms with E-state index in [-0.39, 0.29) is 29.7 Å². The topological polar surface area (TPSA) is 83.6 Å². The first kappa shape index (κ1) is 12.5. The van der Waals surface area contributed by atoms with Crippen LogP contribution in [0.5, 0.6) is 0 Å². The van der Waals surface area contributed by atoms with Crippen molar-refractivity contribution < 1.29 is 18.0 Å². The number of nitrogens with zero attached hydrogens (tertiary/aromatic N) is 1. The Balaban J connectivity index is 2.08. The molecule has 0 aromatic rings. The van der Waals surface area contributed by atoms with Crippen LogP contribution < -0.4 is 5.32 Å². The maximum Gasteiger partial charge on any atom is 0.246 e. The van der Waals surface area contributed by atoms with Crippen molar-refractivity contribution in [1.29, 1.82) is 0 Å². The van der Waals surface area contributed by atoms with Gasteiger partial charge in [0.25, 0.3) is 0 Å². The van der Waals surface area contributed by atoms with Gasteiger partial charge in [-0.1, -0.05) is 0 Å².